The second kappa shape index (κ2) is 6.69. The van der Waals surface area contributed by atoms with Crippen LogP contribution in [0.15, 0.2) is 30.5 Å². The Balaban J connectivity index is 2.38. The average molecular weight is 391 g/mol. The highest BCUT2D eigenvalue weighted by Crippen LogP contribution is 2.26. The third kappa shape index (κ3) is 3.28. The van der Waals surface area contributed by atoms with Crippen molar-refractivity contribution in [2.75, 3.05) is 0 Å². The zero-order chi connectivity index (χ0) is 13.8. The Morgan fingerprint density at radius 3 is 2.89 bits per heavy atom. The highest BCUT2D eigenvalue weighted by atomic mass is 127. The third-order valence-corrected chi connectivity index (χ3v) is 4.50. The number of benzene rings is 1. The second-order valence-corrected chi connectivity index (χ2v) is 5.82. The molecule has 0 radical (unpaired) electrons. The summed E-state index contributed by atoms with van der Waals surface area (Å²) in [6.45, 7) is 3.00. The minimum atomic E-state index is -0.108. The first-order valence-electron chi connectivity index (χ1n) is 6.10. The Morgan fingerprint density at radius 1 is 1.47 bits per heavy atom. The molecule has 0 aliphatic heterocycles. The Bertz CT molecular complexity index is 555. The number of rotatable bonds is 5. The van der Waals surface area contributed by atoms with Crippen LogP contribution >= 0.6 is 34.2 Å². The summed E-state index contributed by atoms with van der Waals surface area (Å²) in [6, 6.07) is 7.83. The number of aryl methyl sites for hydroxylation is 1. The van der Waals surface area contributed by atoms with Gasteiger partial charge in [-0.25, -0.2) is 5.43 Å². The second-order valence-electron chi connectivity index (χ2n) is 4.25. The molecule has 0 bridgehead atoms. The van der Waals surface area contributed by atoms with Gasteiger partial charge in [-0.05, 0) is 52.8 Å². The number of hydrogen-bond donors (Lipinski definition) is 2. The zero-order valence-electron chi connectivity index (χ0n) is 10.6. The quantitative estimate of drug-likeness (QED) is 0.469. The average Bonchev–Trinajstić information content (AvgIpc) is 2.83. The normalized spacial score (nSPS) is 12.6. The SMILES string of the molecule is CCCn1nccc1C(NN)c1ccc(I)c(Cl)c1. The maximum absolute atomic E-state index is 6.18. The van der Waals surface area contributed by atoms with E-state index in [9.17, 15) is 0 Å². The number of nitrogens with zero attached hydrogens (tertiary/aromatic N) is 2. The lowest BCUT2D eigenvalue weighted by molar-refractivity contribution is 0.521. The monoisotopic (exact) mass is 390 g/mol. The van der Waals surface area contributed by atoms with E-state index in [-0.39, 0.29) is 6.04 Å². The molecule has 0 fully saturated rings. The largest absolute Gasteiger partial charge is 0.271 e. The van der Waals surface area contributed by atoms with Crippen molar-refractivity contribution in [3.05, 3.63) is 50.3 Å². The van der Waals surface area contributed by atoms with Gasteiger partial charge in [-0.2, -0.15) is 5.10 Å². The van der Waals surface area contributed by atoms with Gasteiger partial charge >= 0.3 is 0 Å². The van der Waals surface area contributed by atoms with E-state index in [0.717, 1.165) is 32.8 Å². The van der Waals surface area contributed by atoms with E-state index in [0.29, 0.717) is 0 Å². The third-order valence-electron chi connectivity index (χ3n) is 2.92. The molecule has 3 N–H and O–H groups in total. The molecule has 1 atom stereocenters. The van der Waals surface area contributed by atoms with Crippen molar-refractivity contribution in [3.63, 3.8) is 0 Å². The summed E-state index contributed by atoms with van der Waals surface area (Å²) < 4.78 is 3.00. The topological polar surface area (TPSA) is 55.9 Å². The van der Waals surface area contributed by atoms with Crippen LogP contribution in [0.3, 0.4) is 0 Å². The molecule has 2 rings (SSSR count). The molecule has 0 amide bonds. The van der Waals surface area contributed by atoms with Crippen molar-refractivity contribution < 1.29 is 0 Å². The predicted octanol–water partition coefficient (Wildman–Crippen LogP) is 3.10. The summed E-state index contributed by atoms with van der Waals surface area (Å²) in [5.41, 5.74) is 4.92. The molecule has 1 aromatic heterocycles. The van der Waals surface area contributed by atoms with Crippen molar-refractivity contribution in [2.45, 2.75) is 25.9 Å². The van der Waals surface area contributed by atoms with Gasteiger partial charge in [-0.3, -0.25) is 10.5 Å². The summed E-state index contributed by atoms with van der Waals surface area (Å²) in [6.07, 6.45) is 2.82. The van der Waals surface area contributed by atoms with Gasteiger partial charge in [-0.1, -0.05) is 24.6 Å². The molecule has 0 aliphatic rings. The van der Waals surface area contributed by atoms with E-state index in [2.05, 4.69) is 40.0 Å². The smallest absolute Gasteiger partial charge is 0.0878 e. The number of hydrogen-bond acceptors (Lipinski definition) is 3. The lowest BCUT2D eigenvalue weighted by Gasteiger charge is -2.18. The van der Waals surface area contributed by atoms with Gasteiger partial charge in [0.05, 0.1) is 16.8 Å². The van der Waals surface area contributed by atoms with Crippen LogP contribution in [0, 0.1) is 3.57 Å². The summed E-state index contributed by atoms with van der Waals surface area (Å²) in [5.74, 6) is 5.71. The van der Waals surface area contributed by atoms with Crippen molar-refractivity contribution in [1.29, 1.82) is 0 Å². The van der Waals surface area contributed by atoms with Gasteiger partial charge in [0.25, 0.3) is 0 Å². The van der Waals surface area contributed by atoms with Crippen LogP contribution in [-0.2, 0) is 6.54 Å². The molecule has 0 saturated heterocycles. The summed E-state index contributed by atoms with van der Waals surface area (Å²) in [5, 5.41) is 5.06. The van der Waals surface area contributed by atoms with Crippen LogP contribution in [-0.4, -0.2) is 9.78 Å². The van der Waals surface area contributed by atoms with Crippen molar-refractivity contribution in [2.24, 2.45) is 5.84 Å². The first kappa shape index (κ1) is 14.8. The van der Waals surface area contributed by atoms with Crippen LogP contribution in [0.1, 0.15) is 30.6 Å². The Hall–Kier alpha value is -0.630. The fraction of sp³-hybridized carbons (Fsp3) is 0.308. The van der Waals surface area contributed by atoms with E-state index >= 15 is 0 Å². The van der Waals surface area contributed by atoms with Gasteiger partial charge in [-0.15, -0.1) is 0 Å². The van der Waals surface area contributed by atoms with Gasteiger partial charge < -0.3 is 0 Å². The molecule has 1 heterocycles. The lowest BCUT2D eigenvalue weighted by atomic mass is 10.0. The van der Waals surface area contributed by atoms with Gasteiger partial charge in [0.15, 0.2) is 0 Å². The first-order chi connectivity index (χ1) is 9.17. The van der Waals surface area contributed by atoms with Gasteiger partial charge in [0.2, 0.25) is 0 Å². The molecule has 19 heavy (non-hydrogen) atoms. The van der Waals surface area contributed by atoms with Crippen molar-refractivity contribution in [3.8, 4) is 0 Å². The molecular weight excluding hydrogens is 375 g/mol. The van der Waals surface area contributed by atoms with E-state index in [1.807, 2.05) is 28.9 Å². The molecule has 1 unspecified atom stereocenters. The van der Waals surface area contributed by atoms with Gasteiger partial charge in [0, 0.05) is 16.3 Å². The predicted molar refractivity (Wildman–Crippen MR) is 85.9 cm³/mol. The number of aromatic nitrogens is 2. The minimum Gasteiger partial charge on any atom is -0.271 e. The highest BCUT2D eigenvalue weighted by molar-refractivity contribution is 14.1. The van der Waals surface area contributed by atoms with Crippen molar-refractivity contribution in [1.82, 2.24) is 15.2 Å². The molecule has 1 aromatic carbocycles. The molecular formula is C13H16ClIN4. The molecule has 6 heteroatoms. The Labute approximate surface area is 131 Å². The Kier molecular flexibility index (Phi) is 5.20. The summed E-state index contributed by atoms with van der Waals surface area (Å²) >= 11 is 8.39. The molecule has 4 nitrogen and oxygen atoms in total. The van der Waals surface area contributed by atoms with E-state index in [1.165, 1.54) is 0 Å². The molecule has 0 spiro atoms. The van der Waals surface area contributed by atoms with Crippen LogP contribution in [0.2, 0.25) is 5.02 Å². The van der Waals surface area contributed by atoms with Gasteiger partial charge in [0.1, 0.15) is 0 Å². The van der Waals surface area contributed by atoms with E-state index < -0.39 is 0 Å². The summed E-state index contributed by atoms with van der Waals surface area (Å²) in [7, 11) is 0. The van der Waals surface area contributed by atoms with Crippen LogP contribution in [0.4, 0.5) is 0 Å². The number of hydrazine groups is 1. The first-order valence-corrected chi connectivity index (χ1v) is 7.55. The molecule has 2 aromatic rings. The maximum Gasteiger partial charge on any atom is 0.0878 e. The van der Waals surface area contributed by atoms with E-state index in [1.54, 1.807) is 6.20 Å². The number of nitrogens with two attached hydrogens (primary N) is 1. The molecule has 102 valence electrons. The fourth-order valence-corrected chi connectivity index (χ4v) is 2.56. The Morgan fingerprint density at radius 2 is 2.26 bits per heavy atom. The standard InChI is InChI=1S/C13H16ClIN4/c1-2-7-19-12(5-6-17-19)13(18-16)9-3-4-11(15)10(14)8-9/h3-6,8,13,18H,2,7,16H2,1H3. The molecule has 0 saturated carbocycles. The highest BCUT2D eigenvalue weighted by Gasteiger charge is 2.17. The zero-order valence-corrected chi connectivity index (χ0v) is 13.5. The van der Waals surface area contributed by atoms with Crippen molar-refractivity contribution >= 4 is 34.2 Å². The van der Waals surface area contributed by atoms with Crippen LogP contribution in [0.5, 0.6) is 0 Å². The number of halogens is 2. The van der Waals surface area contributed by atoms with Crippen LogP contribution < -0.4 is 11.3 Å². The van der Waals surface area contributed by atoms with E-state index in [4.69, 9.17) is 17.4 Å². The maximum atomic E-state index is 6.18. The number of nitrogens with one attached hydrogen (secondary N) is 1. The minimum absolute atomic E-state index is 0.108. The fourth-order valence-electron chi connectivity index (χ4n) is 2.03. The molecule has 0 aliphatic carbocycles. The summed E-state index contributed by atoms with van der Waals surface area (Å²) in [4.78, 5) is 0. The van der Waals surface area contributed by atoms with Crippen LogP contribution in [0.25, 0.3) is 0 Å². The lowest BCUT2D eigenvalue weighted by Crippen LogP contribution is -2.30.